The minimum atomic E-state index is -0.0897. The summed E-state index contributed by atoms with van der Waals surface area (Å²) >= 11 is 3.27. The molecule has 0 spiro atoms. The molecule has 0 unspecified atom stereocenters. The summed E-state index contributed by atoms with van der Waals surface area (Å²) in [5.41, 5.74) is 1.05. The largest absolute Gasteiger partial charge is 0.198 e. The quantitative estimate of drug-likeness (QED) is 0.786. The van der Waals surface area contributed by atoms with E-state index in [2.05, 4.69) is 28.6 Å². The first-order valence-corrected chi connectivity index (χ1v) is 4.81. The van der Waals surface area contributed by atoms with Crippen LogP contribution in [-0.4, -0.2) is 0 Å². The Bertz CT molecular complexity index is 324. The molecular formula is C11H10BrN. The fourth-order valence-corrected chi connectivity index (χ4v) is 1.47. The van der Waals surface area contributed by atoms with Crippen molar-refractivity contribution >= 4 is 15.9 Å². The van der Waals surface area contributed by atoms with Crippen LogP contribution in [0.1, 0.15) is 17.9 Å². The molecule has 0 amide bonds. The first kappa shape index (κ1) is 10.0. The van der Waals surface area contributed by atoms with Crippen molar-refractivity contribution in [2.75, 3.05) is 0 Å². The molecule has 0 saturated heterocycles. The first-order valence-electron chi connectivity index (χ1n) is 4.02. The van der Waals surface area contributed by atoms with Gasteiger partial charge in [-0.2, -0.15) is 5.26 Å². The minimum Gasteiger partial charge on any atom is -0.198 e. The summed E-state index contributed by atoms with van der Waals surface area (Å²) in [4.78, 5) is 0. The zero-order chi connectivity index (χ0) is 9.68. The van der Waals surface area contributed by atoms with Crippen molar-refractivity contribution in [3.63, 3.8) is 0 Å². The zero-order valence-corrected chi connectivity index (χ0v) is 8.79. The summed E-state index contributed by atoms with van der Waals surface area (Å²) < 4.78 is 0.864. The molecule has 1 aromatic rings. The van der Waals surface area contributed by atoms with Crippen molar-refractivity contribution in [2.45, 2.75) is 12.3 Å². The molecule has 1 aromatic carbocycles. The molecule has 0 radical (unpaired) electrons. The van der Waals surface area contributed by atoms with Crippen molar-refractivity contribution < 1.29 is 0 Å². The van der Waals surface area contributed by atoms with Gasteiger partial charge in [0.2, 0.25) is 0 Å². The minimum absolute atomic E-state index is 0.0897. The Morgan fingerprint density at radius 1 is 1.46 bits per heavy atom. The van der Waals surface area contributed by atoms with E-state index in [0.29, 0.717) is 6.42 Å². The Labute approximate surface area is 86.8 Å². The van der Waals surface area contributed by atoms with E-state index in [1.54, 1.807) is 0 Å². The van der Waals surface area contributed by atoms with Gasteiger partial charge in [0.05, 0.1) is 12.0 Å². The number of benzene rings is 1. The normalized spacial score (nSPS) is 11.7. The van der Waals surface area contributed by atoms with E-state index in [1.807, 2.05) is 30.3 Å². The highest BCUT2D eigenvalue weighted by atomic mass is 79.9. The van der Waals surface area contributed by atoms with Gasteiger partial charge in [0.15, 0.2) is 0 Å². The molecule has 0 heterocycles. The van der Waals surface area contributed by atoms with Crippen LogP contribution in [0.25, 0.3) is 0 Å². The number of halogens is 1. The maximum Gasteiger partial charge on any atom is 0.0757 e. The Morgan fingerprint density at radius 3 is 2.54 bits per heavy atom. The molecule has 0 aliphatic rings. The van der Waals surface area contributed by atoms with Crippen molar-refractivity contribution in [1.82, 2.24) is 0 Å². The van der Waals surface area contributed by atoms with Gasteiger partial charge in [0.1, 0.15) is 0 Å². The standard InChI is InChI=1S/C11H10BrN/c1-9(12)7-11(8-13)10-5-3-2-4-6-10/h2-6,11H,1,7H2/t11-/m1/s1. The second-order valence-electron chi connectivity index (χ2n) is 2.81. The van der Waals surface area contributed by atoms with Crippen LogP contribution >= 0.6 is 15.9 Å². The topological polar surface area (TPSA) is 23.8 Å². The SMILES string of the molecule is C=C(Br)C[C@H](C#N)c1ccccc1. The number of hydrogen-bond donors (Lipinski definition) is 0. The molecule has 1 nitrogen and oxygen atoms in total. The summed E-state index contributed by atoms with van der Waals surface area (Å²) in [6.45, 7) is 3.73. The van der Waals surface area contributed by atoms with Crippen LogP contribution in [0.15, 0.2) is 41.4 Å². The number of nitrogens with zero attached hydrogens (tertiary/aromatic N) is 1. The zero-order valence-electron chi connectivity index (χ0n) is 7.20. The summed E-state index contributed by atoms with van der Waals surface area (Å²) in [6.07, 6.45) is 0.667. The van der Waals surface area contributed by atoms with Gasteiger partial charge in [0, 0.05) is 0 Å². The van der Waals surface area contributed by atoms with E-state index >= 15 is 0 Å². The van der Waals surface area contributed by atoms with Crippen molar-refractivity contribution in [2.24, 2.45) is 0 Å². The maximum absolute atomic E-state index is 8.92. The van der Waals surface area contributed by atoms with E-state index in [1.165, 1.54) is 0 Å². The average Bonchev–Trinajstić information content (AvgIpc) is 2.15. The van der Waals surface area contributed by atoms with Crippen LogP contribution in [-0.2, 0) is 0 Å². The van der Waals surface area contributed by atoms with Gasteiger partial charge >= 0.3 is 0 Å². The monoisotopic (exact) mass is 235 g/mol. The highest BCUT2D eigenvalue weighted by Gasteiger charge is 2.09. The van der Waals surface area contributed by atoms with Gasteiger partial charge in [-0.15, -0.1) is 0 Å². The highest BCUT2D eigenvalue weighted by molar-refractivity contribution is 9.11. The van der Waals surface area contributed by atoms with Crippen LogP contribution in [0.2, 0.25) is 0 Å². The van der Waals surface area contributed by atoms with E-state index in [-0.39, 0.29) is 5.92 Å². The molecule has 1 atom stereocenters. The summed E-state index contributed by atoms with van der Waals surface area (Å²) in [5, 5.41) is 8.92. The van der Waals surface area contributed by atoms with Crippen LogP contribution < -0.4 is 0 Å². The van der Waals surface area contributed by atoms with Crippen LogP contribution in [0.5, 0.6) is 0 Å². The summed E-state index contributed by atoms with van der Waals surface area (Å²) in [6, 6.07) is 12.0. The first-order chi connectivity index (χ1) is 6.24. The average molecular weight is 236 g/mol. The van der Waals surface area contributed by atoms with Crippen molar-refractivity contribution in [3.8, 4) is 6.07 Å². The molecule has 0 saturated carbocycles. The molecule has 66 valence electrons. The third-order valence-electron chi connectivity index (χ3n) is 1.78. The smallest absolute Gasteiger partial charge is 0.0757 e. The Balaban J connectivity index is 2.80. The van der Waals surface area contributed by atoms with Gasteiger partial charge in [0.25, 0.3) is 0 Å². The van der Waals surface area contributed by atoms with Crippen molar-refractivity contribution in [3.05, 3.63) is 47.0 Å². The van der Waals surface area contributed by atoms with Gasteiger partial charge < -0.3 is 0 Å². The Hall–Kier alpha value is -1.07. The van der Waals surface area contributed by atoms with Crippen LogP contribution in [0, 0.1) is 11.3 Å². The van der Waals surface area contributed by atoms with E-state index in [0.717, 1.165) is 10.0 Å². The molecule has 0 fully saturated rings. The lowest BCUT2D eigenvalue weighted by molar-refractivity contribution is 0.873. The fraction of sp³-hybridized carbons (Fsp3) is 0.182. The lowest BCUT2D eigenvalue weighted by Crippen LogP contribution is -1.94. The predicted octanol–water partition coefficient (Wildman–Crippen LogP) is 3.59. The molecule has 0 aliphatic heterocycles. The van der Waals surface area contributed by atoms with E-state index in [9.17, 15) is 0 Å². The maximum atomic E-state index is 8.92. The van der Waals surface area contributed by atoms with Crippen LogP contribution in [0.3, 0.4) is 0 Å². The van der Waals surface area contributed by atoms with Gasteiger partial charge in [-0.3, -0.25) is 0 Å². The predicted molar refractivity (Wildman–Crippen MR) is 57.5 cm³/mol. The lowest BCUT2D eigenvalue weighted by atomic mass is 9.97. The second-order valence-corrected chi connectivity index (χ2v) is 3.94. The Kier molecular flexibility index (Phi) is 3.72. The highest BCUT2D eigenvalue weighted by Crippen LogP contribution is 2.24. The molecule has 0 bridgehead atoms. The molecule has 0 aliphatic carbocycles. The molecule has 1 rings (SSSR count). The fourth-order valence-electron chi connectivity index (χ4n) is 1.14. The third-order valence-corrected chi connectivity index (χ3v) is 2.11. The van der Waals surface area contributed by atoms with Gasteiger partial charge in [-0.25, -0.2) is 0 Å². The lowest BCUT2D eigenvalue weighted by Gasteiger charge is -2.07. The molecule has 13 heavy (non-hydrogen) atoms. The summed E-state index contributed by atoms with van der Waals surface area (Å²) in [5.74, 6) is -0.0897. The molecule has 0 aromatic heterocycles. The molecule has 0 N–H and O–H groups in total. The van der Waals surface area contributed by atoms with E-state index in [4.69, 9.17) is 5.26 Å². The van der Waals surface area contributed by atoms with Crippen LogP contribution in [0.4, 0.5) is 0 Å². The number of allylic oxidation sites excluding steroid dienone is 1. The third kappa shape index (κ3) is 3.04. The van der Waals surface area contributed by atoms with E-state index < -0.39 is 0 Å². The van der Waals surface area contributed by atoms with Crippen molar-refractivity contribution in [1.29, 1.82) is 5.26 Å². The number of rotatable bonds is 3. The number of hydrogen-bond acceptors (Lipinski definition) is 1. The number of nitriles is 1. The van der Waals surface area contributed by atoms with Gasteiger partial charge in [-0.05, 0) is 16.5 Å². The Morgan fingerprint density at radius 2 is 2.08 bits per heavy atom. The molecule has 2 heteroatoms. The molecular weight excluding hydrogens is 226 g/mol. The van der Waals surface area contributed by atoms with Gasteiger partial charge in [-0.1, -0.05) is 52.8 Å². The summed E-state index contributed by atoms with van der Waals surface area (Å²) in [7, 11) is 0. The second kappa shape index (κ2) is 4.84.